The van der Waals surface area contributed by atoms with Gasteiger partial charge in [0.15, 0.2) is 0 Å². The van der Waals surface area contributed by atoms with Crippen molar-refractivity contribution in [2.75, 3.05) is 0 Å². The third kappa shape index (κ3) is 6.32. The Morgan fingerprint density at radius 2 is 2.00 bits per heavy atom. The van der Waals surface area contributed by atoms with Crippen molar-refractivity contribution in [3.05, 3.63) is 23.3 Å². The van der Waals surface area contributed by atoms with Crippen molar-refractivity contribution < 1.29 is 4.79 Å². The van der Waals surface area contributed by atoms with Crippen LogP contribution < -0.4 is 0 Å². The molecule has 0 bridgehead atoms. The summed E-state index contributed by atoms with van der Waals surface area (Å²) in [4.78, 5) is 10.4. The Kier molecular flexibility index (Phi) is 6.21. The topological polar surface area (TPSA) is 17.1 Å². The molecule has 0 rings (SSSR count). The molecule has 0 aromatic heterocycles. The molecule has 0 amide bonds. The molecule has 0 radical (unpaired) electrons. The monoisotopic (exact) mass is 180 g/mol. The van der Waals surface area contributed by atoms with Crippen LogP contribution in [0.4, 0.5) is 0 Å². The Balaban J connectivity index is 4.08. The van der Waals surface area contributed by atoms with Gasteiger partial charge in [-0.25, -0.2) is 0 Å². The first-order valence-corrected chi connectivity index (χ1v) is 4.89. The van der Waals surface area contributed by atoms with Gasteiger partial charge in [0.05, 0.1) is 0 Å². The molecule has 0 spiro atoms. The zero-order chi connectivity index (χ0) is 10.3. The largest absolute Gasteiger partial charge is 0.298 e. The van der Waals surface area contributed by atoms with Crippen LogP contribution in [0, 0.1) is 5.92 Å². The minimum atomic E-state index is 0.466. The maximum absolute atomic E-state index is 10.4. The second-order valence-corrected chi connectivity index (χ2v) is 3.67. The highest BCUT2D eigenvalue weighted by atomic mass is 16.1. The van der Waals surface area contributed by atoms with Crippen LogP contribution in [0.1, 0.15) is 40.5 Å². The van der Waals surface area contributed by atoms with Gasteiger partial charge in [-0.05, 0) is 38.2 Å². The van der Waals surface area contributed by atoms with Gasteiger partial charge in [0.2, 0.25) is 0 Å². The van der Waals surface area contributed by atoms with Crippen molar-refractivity contribution in [3.63, 3.8) is 0 Å². The molecule has 0 aliphatic rings. The van der Waals surface area contributed by atoms with Gasteiger partial charge in [-0.15, -0.1) is 0 Å². The number of hydrogen-bond donors (Lipinski definition) is 0. The second-order valence-electron chi connectivity index (χ2n) is 3.67. The van der Waals surface area contributed by atoms with Crippen molar-refractivity contribution in [1.82, 2.24) is 0 Å². The van der Waals surface area contributed by atoms with Gasteiger partial charge >= 0.3 is 0 Å². The lowest BCUT2D eigenvalue weighted by Crippen LogP contribution is -1.93. The Labute approximate surface area is 81.5 Å². The summed E-state index contributed by atoms with van der Waals surface area (Å²) < 4.78 is 0. The standard InChI is InChI=1S/C12H20O/c1-5-6-10(2)7-11(3)8-12(4)9-13/h6,8-9,11H,5,7H2,1-4H3. The van der Waals surface area contributed by atoms with E-state index in [0.29, 0.717) is 5.92 Å². The second kappa shape index (κ2) is 6.64. The molecule has 1 heteroatoms. The number of allylic oxidation sites excluding steroid dienone is 4. The average Bonchev–Trinajstić information content (AvgIpc) is 2.04. The average molecular weight is 180 g/mol. The van der Waals surface area contributed by atoms with Crippen LogP contribution in [-0.4, -0.2) is 6.29 Å². The molecule has 0 aromatic carbocycles. The fourth-order valence-corrected chi connectivity index (χ4v) is 1.49. The molecule has 0 aromatic rings. The molecule has 74 valence electrons. The Bertz CT molecular complexity index is 211. The summed E-state index contributed by atoms with van der Waals surface area (Å²) in [6.45, 7) is 8.27. The van der Waals surface area contributed by atoms with E-state index in [1.807, 2.05) is 13.0 Å². The van der Waals surface area contributed by atoms with E-state index in [1.54, 1.807) is 0 Å². The van der Waals surface area contributed by atoms with Crippen LogP contribution in [0.3, 0.4) is 0 Å². The summed E-state index contributed by atoms with van der Waals surface area (Å²) >= 11 is 0. The van der Waals surface area contributed by atoms with Crippen molar-refractivity contribution in [3.8, 4) is 0 Å². The Morgan fingerprint density at radius 3 is 2.46 bits per heavy atom. The van der Waals surface area contributed by atoms with Gasteiger partial charge in [-0.2, -0.15) is 0 Å². The SMILES string of the molecule is CCC=C(C)CC(C)C=C(C)C=O. The molecule has 0 aliphatic carbocycles. The third-order valence-corrected chi connectivity index (χ3v) is 1.93. The molecule has 13 heavy (non-hydrogen) atoms. The van der Waals surface area contributed by atoms with Crippen molar-refractivity contribution in [2.24, 2.45) is 5.92 Å². The molecule has 1 atom stereocenters. The molecule has 0 saturated carbocycles. The fourth-order valence-electron chi connectivity index (χ4n) is 1.49. The molecule has 0 aliphatic heterocycles. The van der Waals surface area contributed by atoms with E-state index >= 15 is 0 Å². The number of carbonyl (C=O) groups excluding carboxylic acids is 1. The van der Waals surface area contributed by atoms with Gasteiger partial charge in [-0.1, -0.05) is 31.6 Å². The quantitative estimate of drug-likeness (QED) is 0.359. The number of hydrogen-bond acceptors (Lipinski definition) is 1. The summed E-state index contributed by atoms with van der Waals surface area (Å²) in [6.07, 6.45) is 7.32. The highest BCUT2D eigenvalue weighted by molar-refractivity contribution is 5.72. The lowest BCUT2D eigenvalue weighted by atomic mass is 9.99. The van der Waals surface area contributed by atoms with E-state index in [0.717, 1.165) is 24.7 Å². The first-order chi connectivity index (χ1) is 6.10. The first kappa shape index (κ1) is 12.2. The van der Waals surface area contributed by atoms with Crippen molar-refractivity contribution in [1.29, 1.82) is 0 Å². The predicted molar refractivity (Wildman–Crippen MR) is 57.7 cm³/mol. The summed E-state index contributed by atoms with van der Waals surface area (Å²) in [7, 11) is 0. The van der Waals surface area contributed by atoms with Crippen LogP contribution in [0.5, 0.6) is 0 Å². The maximum atomic E-state index is 10.4. The number of aldehydes is 1. The molecule has 0 heterocycles. The fraction of sp³-hybridized carbons (Fsp3) is 0.583. The molecule has 0 fully saturated rings. The minimum absolute atomic E-state index is 0.466. The van der Waals surface area contributed by atoms with E-state index < -0.39 is 0 Å². The molecule has 1 unspecified atom stereocenters. The minimum Gasteiger partial charge on any atom is -0.298 e. The van der Waals surface area contributed by atoms with Gasteiger partial charge in [0, 0.05) is 0 Å². The molecule has 0 saturated heterocycles. The lowest BCUT2D eigenvalue weighted by molar-refractivity contribution is -0.104. The van der Waals surface area contributed by atoms with Gasteiger partial charge in [0.25, 0.3) is 0 Å². The summed E-state index contributed by atoms with van der Waals surface area (Å²) in [5.74, 6) is 0.466. The van der Waals surface area contributed by atoms with Crippen LogP contribution in [0.2, 0.25) is 0 Å². The van der Waals surface area contributed by atoms with Crippen LogP contribution in [-0.2, 0) is 4.79 Å². The van der Waals surface area contributed by atoms with Gasteiger partial charge < -0.3 is 0 Å². The smallest absolute Gasteiger partial charge is 0.145 e. The third-order valence-electron chi connectivity index (χ3n) is 1.93. The highest BCUT2D eigenvalue weighted by Gasteiger charge is 1.99. The Hall–Kier alpha value is -0.850. The molecular weight excluding hydrogens is 160 g/mol. The van der Waals surface area contributed by atoms with E-state index in [2.05, 4.69) is 26.8 Å². The summed E-state index contributed by atoms with van der Waals surface area (Å²) in [5, 5.41) is 0. The van der Waals surface area contributed by atoms with Crippen molar-refractivity contribution >= 4 is 6.29 Å². The molecule has 0 N–H and O–H groups in total. The summed E-state index contributed by atoms with van der Waals surface area (Å²) in [6, 6.07) is 0. The highest BCUT2D eigenvalue weighted by Crippen LogP contribution is 2.13. The first-order valence-electron chi connectivity index (χ1n) is 4.89. The molecular formula is C12H20O. The van der Waals surface area contributed by atoms with E-state index in [9.17, 15) is 4.79 Å². The van der Waals surface area contributed by atoms with E-state index in [4.69, 9.17) is 0 Å². The van der Waals surface area contributed by atoms with Crippen LogP contribution >= 0.6 is 0 Å². The molecule has 1 nitrogen and oxygen atoms in total. The lowest BCUT2D eigenvalue weighted by Gasteiger charge is -2.06. The predicted octanol–water partition coefficient (Wildman–Crippen LogP) is 3.51. The zero-order valence-electron chi connectivity index (χ0n) is 9.13. The summed E-state index contributed by atoms with van der Waals surface area (Å²) in [5.41, 5.74) is 2.24. The Morgan fingerprint density at radius 1 is 1.38 bits per heavy atom. The van der Waals surface area contributed by atoms with Crippen molar-refractivity contribution in [2.45, 2.75) is 40.5 Å². The van der Waals surface area contributed by atoms with Crippen LogP contribution in [0.25, 0.3) is 0 Å². The normalized spacial score (nSPS) is 15.7. The zero-order valence-corrected chi connectivity index (χ0v) is 9.13. The number of rotatable bonds is 5. The van der Waals surface area contributed by atoms with E-state index in [-0.39, 0.29) is 0 Å². The van der Waals surface area contributed by atoms with Gasteiger partial charge in [-0.3, -0.25) is 4.79 Å². The number of carbonyl (C=O) groups is 1. The van der Waals surface area contributed by atoms with Crippen LogP contribution in [0.15, 0.2) is 23.3 Å². The van der Waals surface area contributed by atoms with Gasteiger partial charge in [0.1, 0.15) is 6.29 Å². The van der Waals surface area contributed by atoms with E-state index in [1.165, 1.54) is 5.57 Å². The maximum Gasteiger partial charge on any atom is 0.145 e.